The second kappa shape index (κ2) is 8.18. The van der Waals surface area contributed by atoms with Gasteiger partial charge in [0.2, 0.25) is 0 Å². The van der Waals surface area contributed by atoms with Gasteiger partial charge in [0.15, 0.2) is 5.78 Å². The number of carbonyl (C=O) groups excluding carboxylic acids is 1. The lowest BCUT2D eigenvalue weighted by atomic mass is 10.0. The molecule has 24 heavy (non-hydrogen) atoms. The lowest BCUT2D eigenvalue weighted by Crippen LogP contribution is -2.02. The van der Waals surface area contributed by atoms with Crippen LogP contribution in [0.1, 0.15) is 21.5 Å². The van der Waals surface area contributed by atoms with Crippen molar-refractivity contribution in [1.29, 1.82) is 0 Å². The zero-order valence-corrected chi connectivity index (χ0v) is 14.7. The first-order valence-electron chi connectivity index (χ1n) is 7.80. The molecule has 0 aliphatic rings. The van der Waals surface area contributed by atoms with Crippen molar-refractivity contribution >= 4 is 29.1 Å². The molecule has 3 rings (SSSR count). The van der Waals surface area contributed by atoms with E-state index >= 15 is 0 Å². The van der Waals surface area contributed by atoms with Crippen molar-refractivity contribution in [2.24, 2.45) is 0 Å². The first-order valence-corrected chi connectivity index (χ1v) is 9.17. The third-order valence-corrected chi connectivity index (χ3v) is 5.31. The minimum absolute atomic E-state index is 0.0360. The van der Waals surface area contributed by atoms with Crippen LogP contribution < -0.4 is 0 Å². The molecule has 0 saturated carbocycles. The lowest BCUT2D eigenvalue weighted by molar-refractivity contribution is 0.103. The molecule has 3 aromatic rings. The zero-order chi connectivity index (χ0) is 16.8. The largest absolute Gasteiger partial charge is 0.289 e. The van der Waals surface area contributed by atoms with Crippen molar-refractivity contribution in [2.75, 3.05) is 5.75 Å². The SMILES string of the molecule is O=C(c1ccccc1)c1cccc(SCCc2ccccc2)c1Cl. The smallest absolute Gasteiger partial charge is 0.194 e. The van der Waals surface area contributed by atoms with Crippen molar-refractivity contribution in [3.63, 3.8) is 0 Å². The van der Waals surface area contributed by atoms with E-state index in [1.807, 2.05) is 60.7 Å². The van der Waals surface area contributed by atoms with Crippen LogP contribution in [-0.4, -0.2) is 11.5 Å². The number of halogens is 1. The Balaban J connectivity index is 1.72. The molecule has 0 bridgehead atoms. The Morgan fingerprint density at radius 2 is 1.50 bits per heavy atom. The Hall–Kier alpha value is -2.03. The number of thioether (sulfide) groups is 1. The van der Waals surface area contributed by atoms with Crippen molar-refractivity contribution in [2.45, 2.75) is 11.3 Å². The van der Waals surface area contributed by atoms with E-state index in [9.17, 15) is 4.79 Å². The fourth-order valence-corrected chi connectivity index (χ4v) is 3.81. The van der Waals surface area contributed by atoms with Gasteiger partial charge in [-0.1, -0.05) is 78.3 Å². The predicted molar refractivity (Wildman–Crippen MR) is 102 cm³/mol. The van der Waals surface area contributed by atoms with Crippen LogP contribution in [0.2, 0.25) is 5.02 Å². The van der Waals surface area contributed by atoms with Crippen molar-refractivity contribution in [3.05, 3.63) is 101 Å². The van der Waals surface area contributed by atoms with E-state index in [2.05, 4.69) is 12.1 Å². The van der Waals surface area contributed by atoms with Gasteiger partial charge in [-0.25, -0.2) is 0 Å². The monoisotopic (exact) mass is 352 g/mol. The van der Waals surface area contributed by atoms with Gasteiger partial charge in [-0.15, -0.1) is 11.8 Å². The molecule has 0 unspecified atom stereocenters. The highest BCUT2D eigenvalue weighted by atomic mass is 35.5. The van der Waals surface area contributed by atoms with Crippen LogP contribution in [0.25, 0.3) is 0 Å². The average Bonchev–Trinajstić information content (AvgIpc) is 2.64. The molecule has 0 N–H and O–H groups in total. The highest BCUT2D eigenvalue weighted by Gasteiger charge is 2.15. The van der Waals surface area contributed by atoms with E-state index in [1.54, 1.807) is 17.8 Å². The van der Waals surface area contributed by atoms with Gasteiger partial charge in [0.05, 0.1) is 5.02 Å². The summed E-state index contributed by atoms with van der Waals surface area (Å²) in [4.78, 5) is 13.6. The Morgan fingerprint density at radius 1 is 0.833 bits per heavy atom. The molecule has 3 aromatic carbocycles. The molecule has 0 aliphatic carbocycles. The first kappa shape index (κ1) is 16.8. The Morgan fingerprint density at radius 3 is 2.21 bits per heavy atom. The molecular formula is C21H17ClOS. The molecule has 3 heteroatoms. The van der Waals surface area contributed by atoms with Gasteiger partial charge in [0, 0.05) is 21.8 Å². The minimum atomic E-state index is -0.0360. The summed E-state index contributed by atoms with van der Waals surface area (Å²) in [6, 6.07) is 25.3. The fourth-order valence-electron chi connectivity index (χ4n) is 2.47. The maximum absolute atomic E-state index is 12.6. The number of rotatable bonds is 6. The van der Waals surface area contributed by atoms with Gasteiger partial charge < -0.3 is 0 Å². The third kappa shape index (κ3) is 4.08. The molecular weight excluding hydrogens is 336 g/mol. The van der Waals surface area contributed by atoms with E-state index in [1.165, 1.54) is 5.56 Å². The minimum Gasteiger partial charge on any atom is -0.289 e. The highest BCUT2D eigenvalue weighted by Crippen LogP contribution is 2.31. The molecule has 0 aliphatic heterocycles. The molecule has 0 radical (unpaired) electrons. The van der Waals surface area contributed by atoms with Gasteiger partial charge >= 0.3 is 0 Å². The van der Waals surface area contributed by atoms with Crippen molar-refractivity contribution in [3.8, 4) is 0 Å². The van der Waals surface area contributed by atoms with Crippen LogP contribution >= 0.6 is 23.4 Å². The Bertz CT molecular complexity index is 816. The maximum atomic E-state index is 12.6. The van der Waals surface area contributed by atoms with E-state index in [-0.39, 0.29) is 5.78 Å². The van der Waals surface area contributed by atoms with Crippen LogP contribution in [-0.2, 0) is 6.42 Å². The normalized spacial score (nSPS) is 10.5. The van der Waals surface area contributed by atoms with E-state index in [4.69, 9.17) is 11.6 Å². The maximum Gasteiger partial charge on any atom is 0.194 e. The topological polar surface area (TPSA) is 17.1 Å². The number of hydrogen-bond donors (Lipinski definition) is 0. The van der Waals surface area contributed by atoms with Crippen molar-refractivity contribution < 1.29 is 4.79 Å². The molecule has 0 spiro atoms. The lowest BCUT2D eigenvalue weighted by Gasteiger charge is -2.09. The van der Waals surface area contributed by atoms with Crippen molar-refractivity contribution in [1.82, 2.24) is 0 Å². The molecule has 0 heterocycles. The van der Waals surface area contributed by atoms with Gasteiger partial charge in [-0.3, -0.25) is 4.79 Å². The molecule has 1 nitrogen and oxygen atoms in total. The second-order valence-corrected chi connectivity index (χ2v) is 6.91. The summed E-state index contributed by atoms with van der Waals surface area (Å²) >= 11 is 8.18. The number of benzene rings is 3. The van der Waals surface area contributed by atoms with Crippen LogP contribution in [0.5, 0.6) is 0 Å². The van der Waals surface area contributed by atoms with Crippen LogP contribution in [0.4, 0.5) is 0 Å². The van der Waals surface area contributed by atoms with Crippen LogP contribution in [0, 0.1) is 0 Å². The summed E-state index contributed by atoms with van der Waals surface area (Å²) in [5.41, 5.74) is 2.52. The summed E-state index contributed by atoms with van der Waals surface area (Å²) in [7, 11) is 0. The average molecular weight is 353 g/mol. The van der Waals surface area contributed by atoms with Gasteiger partial charge in [-0.2, -0.15) is 0 Å². The summed E-state index contributed by atoms with van der Waals surface area (Å²) in [5, 5.41) is 0.546. The summed E-state index contributed by atoms with van der Waals surface area (Å²) in [6.07, 6.45) is 0.971. The summed E-state index contributed by atoms with van der Waals surface area (Å²) < 4.78 is 0. The number of carbonyl (C=O) groups is 1. The summed E-state index contributed by atoms with van der Waals surface area (Å²) in [6.45, 7) is 0. The third-order valence-electron chi connectivity index (χ3n) is 3.74. The Kier molecular flexibility index (Phi) is 5.73. The van der Waals surface area contributed by atoms with E-state index in [0.717, 1.165) is 17.1 Å². The summed E-state index contributed by atoms with van der Waals surface area (Å²) in [5.74, 6) is 0.887. The van der Waals surface area contributed by atoms with Gasteiger partial charge in [0.25, 0.3) is 0 Å². The fraction of sp³-hybridized carbons (Fsp3) is 0.0952. The number of ketones is 1. The standard InChI is InChI=1S/C21H17ClOS/c22-20-18(21(23)17-10-5-2-6-11-17)12-7-13-19(20)24-15-14-16-8-3-1-4-9-16/h1-13H,14-15H2. The quantitative estimate of drug-likeness (QED) is 0.405. The van der Waals surface area contributed by atoms with E-state index in [0.29, 0.717) is 16.1 Å². The molecule has 120 valence electrons. The number of hydrogen-bond acceptors (Lipinski definition) is 2. The van der Waals surface area contributed by atoms with Crippen LogP contribution in [0.3, 0.4) is 0 Å². The molecule has 0 amide bonds. The highest BCUT2D eigenvalue weighted by molar-refractivity contribution is 7.99. The number of aryl methyl sites for hydroxylation is 1. The Labute approximate surface area is 151 Å². The molecule has 0 saturated heterocycles. The predicted octanol–water partition coefficient (Wildman–Crippen LogP) is 5.91. The molecule has 0 atom stereocenters. The first-order chi connectivity index (χ1) is 11.8. The van der Waals surface area contributed by atoms with Crippen LogP contribution in [0.15, 0.2) is 83.8 Å². The molecule has 0 fully saturated rings. The van der Waals surface area contributed by atoms with Gasteiger partial charge in [0.1, 0.15) is 0 Å². The molecule has 0 aromatic heterocycles. The van der Waals surface area contributed by atoms with E-state index < -0.39 is 0 Å². The zero-order valence-electron chi connectivity index (χ0n) is 13.1. The second-order valence-electron chi connectivity index (χ2n) is 5.40. The van der Waals surface area contributed by atoms with Gasteiger partial charge in [-0.05, 0) is 24.1 Å².